The van der Waals surface area contributed by atoms with Crippen molar-refractivity contribution in [3.05, 3.63) is 33.9 Å². The van der Waals surface area contributed by atoms with Crippen LogP contribution in [0.4, 0.5) is 11.4 Å². The van der Waals surface area contributed by atoms with Gasteiger partial charge in [-0.3, -0.25) is 14.9 Å². The number of hydrogen-bond donors (Lipinski definition) is 2. The quantitative estimate of drug-likeness (QED) is 0.586. The monoisotopic (exact) mass is 265 g/mol. The van der Waals surface area contributed by atoms with Gasteiger partial charge in [0.15, 0.2) is 0 Å². The van der Waals surface area contributed by atoms with E-state index in [1.807, 2.05) is 13.8 Å². The van der Waals surface area contributed by atoms with Gasteiger partial charge in [0, 0.05) is 24.7 Å². The summed E-state index contributed by atoms with van der Waals surface area (Å²) in [4.78, 5) is 22.3. The van der Waals surface area contributed by atoms with Gasteiger partial charge in [-0.05, 0) is 25.0 Å². The molecule has 1 amide bonds. The number of nitrogens with zero attached hydrogens (tertiary/aromatic N) is 1. The smallest absolute Gasteiger partial charge is 0.293 e. The molecule has 2 N–H and O–H groups in total. The second-order valence-electron chi connectivity index (χ2n) is 4.17. The minimum Gasteiger partial charge on any atom is -0.380 e. The Morgan fingerprint density at radius 1 is 1.26 bits per heavy atom. The fourth-order valence-electron chi connectivity index (χ4n) is 1.57. The van der Waals surface area contributed by atoms with Gasteiger partial charge in [-0.15, -0.1) is 0 Å². The third-order valence-electron chi connectivity index (χ3n) is 2.56. The molecule has 1 rings (SSSR count). The first-order valence-corrected chi connectivity index (χ1v) is 6.40. The number of amides is 1. The molecule has 0 spiro atoms. The molecule has 0 saturated carbocycles. The summed E-state index contributed by atoms with van der Waals surface area (Å²) in [7, 11) is 0. The standard InChI is InChI=1S/C13H19N3O3/c1-3-7-14-11-6-5-10(9-12(11)16(18)19)13(17)15-8-4-2/h5-6,9,14H,3-4,7-8H2,1-2H3,(H,15,17). The lowest BCUT2D eigenvalue weighted by Crippen LogP contribution is -2.24. The maximum Gasteiger partial charge on any atom is 0.293 e. The summed E-state index contributed by atoms with van der Waals surface area (Å²) in [6.07, 6.45) is 1.69. The molecule has 6 heteroatoms. The molecule has 0 aliphatic heterocycles. The zero-order valence-electron chi connectivity index (χ0n) is 11.2. The molecule has 0 fully saturated rings. The minimum absolute atomic E-state index is 0.0717. The third kappa shape index (κ3) is 4.24. The molecular formula is C13H19N3O3. The van der Waals surface area contributed by atoms with E-state index in [0.29, 0.717) is 24.3 Å². The Kier molecular flexibility index (Phi) is 5.78. The van der Waals surface area contributed by atoms with Gasteiger partial charge in [0.05, 0.1) is 4.92 Å². The molecule has 1 aromatic carbocycles. The number of carbonyl (C=O) groups excluding carboxylic acids is 1. The van der Waals surface area contributed by atoms with Crippen molar-refractivity contribution in [2.45, 2.75) is 26.7 Å². The van der Waals surface area contributed by atoms with Crippen LogP contribution in [0.3, 0.4) is 0 Å². The first kappa shape index (κ1) is 14.9. The highest BCUT2D eigenvalue weighted by Crippen LogP contribution is 2.25. The Hall–Kier alpha value is -2.11. The molecule has 19 heavy (non-hydrogen) atoms. The van der Waals surface area contributed by atoms with Crippen molar-refractivity contribution in [3.8, 4) is 0 Å². The van der Waals surface area contributed by atoms with E-state index in [1.54, 1.807) is 12.1 Å². The van der Waals surface area contributed by atoms with Crippen LogP contribution < -0.4 is 10.6 Å². The lowest BCUT2D eigenvalue weighted by Gasteiger charge is -2.08. The average Bonchev–Trinajstić information content (AvgIpc) is 2.42. The summed E-state index contributed by atoms with van der Waals surface area (Å²) < 4.78 is 0. The number of carbonyl (C=O) groups is 1. The zero-order chi connectivity index (χ0) is 14.3. The van der Waals surface area contributed by atoms with Crippen LogP contribution in [0, 0.1) is 10.1 Å². The first-order chi connectivity index (χ1) is 9.10. The average molecular weight is 265 g/mol. The molecule has 0 heterocycles. The molecule has 0 saturated heterocycles. The summed E-state index contributed by atoms with van der Waals surface area (Å²) in [5, 5.41) is 16.7. The van der Waals surface area contributed by atoms with Crippen LogP contribution in [-0.2, 0) is 0 Å². The molecule has 1 aromatic rings. The lowest BCUT2D eigenvalue weighted by molar-refractivity contribution is -0.384. The molecule has 0 aliphatic carbocycles. The van der Waals surface area contributed by atoms with E-state index in [1.165, 1.54) is 6.07 Å². The highest BCUT2D eigenvalue weighted by Gasteiger charge is 2.16. The Balaban J connectivity index is 2.95. The molecule has 0 aromatic heterocycles. The topological polar surface area (TPSA) is 84.3 Å². The Labute approximate surface area is 112 Å². The SMILES string of the molecule is CCCNC(=O)c1ccc(NCCC)c([N+](=O)[O-])c1. The van der Waals surface area contributed by atoms with Crippen LogP contribution >= 0.6 is 0 Å². The molecule has 0 unspecified atom stereocenters. The van der Waals surface area contributed by atoms with Crippen molar-refractivity contribution < 1.29 is 9.72 Å². The second kappa shape index (κ2) is 7.35. The number of benzene rings is 1. The predicted molar refractivity (Wildman–Crippen MR) is 74.5 cm³/mol. The van der Waals surface area contributed by atoms with Gasteiger partial charge in [0.2, 0.25) is 0 Å². The minimum atomic E-state index is -0.478. The van der Waals surface area contributed by atoms with Crippen LogP contribution in [0.5, 0.6) is 0 Å². The maximum absolute atomic E-state index is 11.7. The van der Waals surface area contributed by atoms with E-state index in [4.69, 9.17) is 0 Å². The van der Waals surface area contributed by atoms with Crippen LogP contribution in [0.15, 0.2) is 18.2 Å². The summed E-state index contributed by atoms with van der Waals surface area (Å²) in [5.74, 6) is -0.285. The fraction of sp³-hybridized carbons (Fsp3) is 0.462. The molecule has 0 radical (unpaired) electrons. The Bertz CT molecular complexity index is 460. The number of nitro benzene ring substituents is 1. The Morgan fingerprint density at radius 2 is 1.95 bits per heavy atom. The van der Waals surface area contributed by atoms with Crippen molar-refractivity contribution >= 4 is 17.3 Å². The summed E-state index contributed by atoms with van der Waals surface area (Å²) >= 11 is 0. The summed E-state index contributed by atoms with van der Waals surface area (Å²) in [6.45, 7) is 5.14. The van der Waals surface area contributed by atoms with Crippen molar-refractivity contribution in [1.29, 1.82) is 0 Å². The molecular weight excluding hydrogens is 246 g/mol. The van der Waals surface area contributed by atoms with Crippen LogP contribution in [-0.4, -0.2) is 23.9 Å². The largest absolute Gasteiger partial charge is 0.380 e. The zero-order valence-corrected chi connectivity index (χ0v) is 11.2. The molecule has 0 bridgehead atoms. The van der Waals surface area contributed by atoms with E-state index < -0.39 is 4.92 Å². The van der Waals surface area contributed by atoms with Gasteiger partial charge in [0.1, 0.15) is 5.69 Å². The van der Waals surface area contributed by atoms with Gasteiger partial charge in [0.25, 0.3) is 11.6 Å². The summed E-state index contributed by atoms with van der Waals surface area (Å²) in [5.41, 5.74) is 0.679. The van der Waals surface area contributed by atoms with E-state index in [2.05, 4.69) is 10.6 Å². The van der Waals surface area contributed by atoms with Crippen molar-refractivity contribution in [2.75, 3.05) is 18.4 Å². The van der Waals surface area contributed by atoms with Crippen LogP contribution in [0.1, 0.15) is 37.0 Å². The molecule has 0 aliphatic rings. The van der Waals surface area contributed by atoms with Crippen LogP contribution in [0.2, 0.25) is 0 Å². The third-order valence-corrected chi connectivity index (χ3v) is 2.56. The summed E-state index contributed by atoms with van der Waals surface area (Å²) in [6, 6.07) is 4.48. The molecule has 104 valence electrons. The van der Waals surface area contributed by atoms with Crippen molar-refractivity contribution in [3.63, 3.8) is 0 Å². The van der Waals surface area contributed by atoms with Gasteiger partial charge in [-0.25, -0.2) is 0 Å². The first-order valence-electron chi connectivity index (χ1n) is 6.40. The fourth-order valence-corrected chi connectivity index (χ4v) is 1.57. The van der Waals surface area contributed by atoms with Gasteiger partial charge >= 0.3 is 0 Å². The number of rotatable bonds is 7. The highest BCUT2D eigenvalue weighted by molar-refractivity contribution is 5.95. The van der Waals surface area contributed by atoms with Gasteiger partial charge < -0.3 is 10.6 Å². The van der Waals surface area contributed by atoms with Crippen molar-refractivity contribution in [2.24, 2.45) is 0 Å². The van der Waals surface area contributed by atoms with E-state index in [0.717, 1.165) is 12.8 Å². The normalized spacial score (nSPS) is 10.0. The Morgan fingerprint density at radius 3 is 2.53 bits per heavy atom. The molecule has 0 atom stereocenters. The lowest BCUT2D eigenvalue weighted by atomic mass is 10.1. The van der Waals surface area contributed by atoms with Gasteiger partial charge in [-0.2, -0.15) is 0 Å². The second-order valence-corrected chi connectivity index (χ2v) is 4.17. The van der Waals surface area contributed by atoms with E-state index >= 15 is 0 Å². The highest BCUT2D eigenvalue weighted by atomic mass is 16.6. The van der Waals surface area contributed by atoms with Crippen LogP contribution in [0.25, 0.3) is 0 Å². The number of nitrogens with one attached hydrogen (secondary N) is 2. The molecule has 6 nitrogen and oxygen atoms in total. The van der Waals surface area contributed by atoms with E-state index in [-0.39, 0.29) is 11.6 Å². The van der Waals surface area contributed by atoms with E-state index in [9.17, 15) is 14.9 Å². The number of hydrogen-bond acceptors (Lipinski definition) is 4. The predicted octanol–water partition coefficient (Wildman–Crippen LogP) is 2.56. The number of anilines is 1. The number of nitro groups is 1. The van der Waals surface area contributed by atoms with Crippen molar-refractivity contribution in [1.82, 2.24) is 5.32 Å². The maximum atomic E-state index is 11.7. The van der Waals surface area contributed by atoms with Gasteiger partial charge in [-0.1, -0.05) is 13.8 Å².